The molecule has 6 heteroatoms. The SMILES string of the molecule is CCC1SC(O)C(OCOC)C2OC(C)(C)OC12. The Morgan fingerprint density at radius 3 is 2.56 bits per heavy atom. The molecule has 2 saturated heterocycles. The van der Waals surface area contributed by atoms with Gasteiger partial charge >= 0.3 is 0 Å². The van der Waals surface area contributed by atoms with Crippen LogP contribution < -0.4 is 0 Å². The first-order valence-corrected chi connectivity index (χ1v) is 7.22. The van der Waals surface area contributed by atoms with Gasteiger partial charge in [0.05, 0.1) is 0 Å². The van der Waals surface area contributed by atoms with E-state index >= 15 is 0 Å². The van der Waals surface area contributed by atoms with E-state index in [1.165, 1.54) is 11.8 Å². The van der Waals surface area contributed by atoms with Crippen molar-refractivity contribution in [3.05, 3.63) is 0 Å². The maximum atomic E-state index is 10.2. The van der Waals surface area contributed by atoms with Crippen LogP contribution in [-0.2, 0) is 18.9 Å². The van der Waals surface area contributed by atoms with Crippen LogP contribution in [0.25, 0.3) is 0 Å². The molecule has 2 aliphatic heterocycles. The summed E-state index contributed by atoms with van der Waals surface area (Å²) >= 11 is 1.49. The third kappa shape index (κ3) is 2.84. The van der Waals surface area contributed by atoms with Crippen LogP contribution in [0, 0.1) is 0 Å². The lowest BCUT2D eigenvalue weighted by molar-refractivity contribution is -0.178. The summed E-state index contributed by atoms with van der Waals surface area (Å²) in [4.78, 5) is 0. The molecule has 5 nitrogen and oxygen atoms in total. The molecule has 2 heterocycles. The predicted molar refractivity (Wildman–Crippen MR) is 68.3 cm³/mol. The quantitative estimate of drug-likeness (QED) is 0.783. The van der Waals surface area contributed by atoms with E-state index in [2.05, 4.69) is 6.92 Å². The molecule has 0 amide bonds. The van der Waals surface area contributed by atoms with Gasteiger partial charge in [-0.2, -0.15) is 0 Å². The maximum absolute atomic E-state index is 10.2. The molecular formula is C12H22O5S. The zero-order valence-corrected chi connectivity index (χ0v) is 12.1. The Bertz CT molecular complexity index is 286. The summed E-state index contributed by atoms with van der Waals surface area (Å²) in [5.41, 5.74) is -0.608. The number of fused-ring (bicyclic) bond motifs is 1. The first-order valence-electron chi connectivity index (χ1n) is 6.28. The van der Waals surface area contributed by atoms with Gasteiger partial charge in [0, 0.05) is 12.4 Å². The van der Waals surface area contributed by atoms with Gasteiger partial charge in [-0.1, -0.05) is 6.92 Å². The molecule has 0 bridgehead atoms. The second kappa shape index (κ2) is 5.64. The van der Waals surface area contributed by atoms with Crippen LogP contribution in [0.4, 0.5) is 0 Å². The number of aliphatic hydroxyl groups is 1. The van der Waals surface area contributed by atoms with E-state index in [0.717, 1.165) is 6.42 Å². The van der Waals surface area contributed by atoms with Gasteiger partial charge < -0.3 is 24.1 Å². The molecule has 0 aliphatic carbocycles. The van der Waals surface area contributed by atoms with Crippen molar-refractivity contribution in [2.45, 2.75) is 62.0 Å². The number of aliphatic hydroxyl groups excluding tert-OH is 1. The molecule has 5 atom stereocenters. The molecule has 0 aromatic carbocycles. The van der Waals surface area contributed by atoms with E-state index in [9.17, 15) is 5.11 Å². The molecular weight excluding hydrogens is 256 g/mol. The highest BCUT2D eigenvalue weighted by Gasteiger charge is 2.54. The zero-order valence-electron chi connectivity index (χ0n) is 11.3. The van der Waals surface area contributed by atoms with E-state index in [4.69, 9.17) is 18.9 Å². The predicted octanol–water partition coefficient (Wildman–Crippen LogP) is 1.34. The fourth-order valence-electron chi connectivity index (χ4n) is 2.51. The number of methoxy groups -OCH3 is 1. The average Bonchev–Trinajstić information content (AvgIpc) is 2.62. The number of rotatable bonds is 4. The Kier molecular flexibility index (Phi) is 4.57. The van der Waals surface area contributed by atoms with Crippen LogP contribution in [0.5, 0.6) is 0 Å². The van der Waals surface area contributed by atoms with E-state index in [0.29, 0.717) is 0 Å². The van der Waals surface area contributed by atoms with E-state index < -0.39 is 17.3 Å². The molecule has 0 aromatic rings. The minimum absolute atomic E-state index is 0.0414. The molecule has 0 saturated carbocycles. The Labute approximate surface area is 112 Å². The smallest absolute Gasteiger partial charge is 0.163 e. The molecule has 5 unspecified atom stereocenters. The van der Waals surface area contributed by atoms with Crippen LogP contribution in [0.1, 0.15) is 27.2 Å². The van der Waals surface area contributed by atoms with Gasteiger partial charge in [-0.25, -0.2) is 0 Å². The lowest BCUT2D eigenvalue weighted by Gasteiger charge is -2.39. The highest BCUT2D eigenvalue weighted by Crippen LogP contribution is 2.44. The number of thioether (sulfide) groups is 1. The third-order valence-electron chi connectivity index (χ3n) is 3.23. The average molecular weight is 278 g/mol. The van der Waals surface area contributed by atoms with Crippen molar-refractivity contribution in [3.8, 4) is 0 Å². The number of hydrogen-bond acceptors (Lipinski definition) is 6. The molecule has 2 fully saturated rings. The Balaban J connectivity index is 2.13. The van der Waals surface area contributed by atoms with Crippen LogP contribution >= 0.6 is 11.8 Å². The number of hydrogen-bond donors (Lipinski definition) is 1. The van der Waals surface area contributed by atoms with Crippen LogP contribution in [-0.4, -0.2) is 53.8 Å². The normalized spacial score (nSPS) is 42.8. The summed E-state index contributed by atoms with van der Waals surface area (Å²) < 4.78 is 22.3. The van der Waals surface area contributed by atoms with E-state index in [-0.39, 0.29) is 24.3 Å². The molecule has 18 heavy (non-hydrogen) atoms. The summed E-state index contributed by atoms with van der Waals surface area (Å²) in [5.74, 6) is -0.623. The van der Waals surface area contributed by atoms with Crippen molar-refractivity contribution in [1.29, 1.82) is 0 Å². The summed E-state index contributed by atoms with van der Waals surface area (Å²) in [6.45, 7) is 6.02. The Hall–Kier alpha value is 0.150. The zero-order chi connectivity index (χ0) is 13.3. The van der Waals surface area contributed by atoms with Crippen molar-refractivity contribution >= 4 is 11.8 Å². The fourth-order valence-corrected chi connectivity index (χ4v) is 3.81. The summed E-state index contributed by atoms with van der Waals surface area (Å²) in [7, 11) is 1.56. The highest BCUT2D eigenvalue weighted by molar-refractivity contribution is 8.00. The van der Waals surface area contributed by atoms with Crippen molar-refractivity contribution in [2.24, 2.45) is 0 Å². The fraction of sp³-hybridized carbons (Fsp3) is 1.00. The lowest BCUT2D eigenvalue weighted by atomic mass is 10.0. The molecule has 2 rings (SSSR count). The van der Waals surface area contributed by atoms with Crippen molar-refractivity contribution in [1.82, 2.24) is 0 Å². The van der Waals surface area contributed by atoms with Gasteiger partial charge in [-0.05, 0) is 20.3 Å². The van der Waals surface area contributed by atoms with Crippen molar-refractivity contribution in [2.75, 3.05) is 13.9 Å². The van der Waals surface area contributed by atoms with Gasteiger partial charge in [-0.15, -0.1) is 11.8 Å². The van der Waals surface area contributed by atoms with Crippen LogP contribution in [0.15, 0.2) is 0 Å². The highest BCUT2D eigenvalue weighted by atomic mass is 32.2. The summed E-state index contributed by atoms with van der Waals surface area (Å²) in [6.07, 6.45) is 0.236. The first-order chi connectivity index (χ1) is 8.48. The Morgan fingerprint density at radius 1 is 1.28 bits per heavy atom. The minimum atomic E-state index is -0.623. The second-order valence-corrected chi connectivity index (χ2v) is 6.44. The molecule has 0 aromatic heterocycles. The van der Waals surface area contributed by atoms with Gasteiger partial charge in [0.25, 0.3) is 0 Å². The van der Waals surface area contributed by atoms with Gasteiger partial charge in [0.2, 0.25) is 0 Å². The van der Waals surface area contributed by atoms with E-state index in [1.54, 1.807) is 7.11 Å². The lowest BCUT2D eigenvalue weighted by Crippen LogP contribution is -2.52. The monoisotopic (exact) mass is 278 g/mol. The number of ether oxygens (including phenoxy) is 4. The third-order valence-corrected chi connectivity index (χ3v) is 4.73. The summed E-state index contributed by atoms with van der Waals surface area (Å²) in [5, 5.41) is 10.4. The maximum Gasteiger partial charge on any atom is 0.163 e. The van der Waals surface area contributed by atoms with Crippen molar-refractivity contribution in [3.63, 3.8) is 0 Å². The van der Waals surface area contributed by atoms with Gasteiger partial charge in [0.1, 0.15) is 30.5 Å². The van der Waals surface area contributed by atoms with E-state index in [1.807, 2.05) is 13.8 Å². The molecule has 0 spiro atoms. The van der Waals surface area contributed by atoms with Crippen molar-refractivity contribution < 1.29 is 24.1 Å². The second-order valence-electron chi connectivity index (χ2n) is 5.08. The van der Waals surface area contributed by atoms with Gasteiger partial charge in [-0.3, -0.25) is 0 Å². The Morgan fingerprint density at radius 2 is 1.94 bits per heavy atom. The van der Waals surface area contributed by atoms with Crippen LogP contribution in [0.2, 0.25) is 0 Å². The summed E-state index contributed by atoms with van der Waals surface area (Å²) in [6, 6.07) is 0. The molecule has 106 valence electrons. The van der Waals surface area contributed by atoms with Crippen LogP contribution in [0.3, 0.4) is 0 Å². The largest absolute Gasteiger partial charge is 0.380 e. The molecule has 0 radical (unpaired) electrons. The van der Waals surface area contributed by atoms with Gasteiger partial charge in [0.15, 0.2) is 5.79 Å². The molecule has 2 aliphatic rings. The first kappa shape index (κ1) is 14.6. The topological polar surface area (TPSA) is 57.2 Å². The minimum Gasteiger partial charge on any atom is -0.380 e. The molecule has 1 N–H and O–H groups in total. The standard InChI is InChI=1S/C12H22O5S/c1-5-7-8-9(17-12(2,3)16-8)10(11(13)18-7)15-6-14-4/h7-11,13H,5-6H2,1-4H3.